The number of carbonyl (C=O) groups excluding carboxylic acids is 1. The van der Waals surface area contributed by atoms with Crippen LogP contribution in [0.3, 0.4) is 0 Å². The van der Waals surface area contributed by atoms with Gasteiger partial charge in [0.25, 0.3) is 5.91 Å². The van der Waals surface area contributed by atoms with Crippen LogP contribution in [-0.4, -0.2) is 58.7 Å². The normalized spacial score (nSPS) is 17.1. The van der Waals surface area contributed by atoms with E-state index < -0.39 is 16.1 Å². The van der Waals surface area contributed by atoms with Crippen LogP contribution in [0.1, 0.15) is 6.92 Å². The van der Waals surface area contributed by atoms with Gasteiger partial charge in [0.1, 0.15) is 5.75 Å². The zero-order valence-corrected chi connectivity index (χ0v) is 13.4. The van der Waals surface area contributed by atoms with Crippen LogP contribution in [0.4, 0.5) is 0 Å². The third-order valence-electron chi connectivity index (χ3n) is 3.39. The van der Waals surface area contributed by atoms with Crippen molar-refractivity contribution >= 4 is 15.9 Å². The van der Waals surface area contributed by atoms with E-state index in [9.17, 15) is 13.2 Å². The molecule has 2 rings (SSSR count). The average molecular weight is 328 g/mol. The van der Waals surface area contributed by atoms with Crippen molar-refractivity contribution in [3.05, 3.63) is 24.3 Å². The van der Waals surface area contributed by atoms with E-state index in [1.165, 1.54) is 31.3 Å². The van der Waals surface area contributed by atoms with Crippen molar-refractivity contribution in [3.8, 4) is 5.75 Å². The zero-order valence-electron chi connectivity index (χ0n) is 12.6. The average Bonchev–Trinajstić information content (AvgIpc) is 2.55. The molecule has 1 aliphatic rings. The van der Waals surface area contributed by atoms with Crippen molar-refractivity contribution < 1.29 is 22.7 Å². The minimum Gasteiger partial charge on any atom is -0.481 e. The van der Waals surface area contributed by atoms with Crippen molar-refractivity contribution in [3.63, 3.8) is 0 Å². The molecule has 1 saturated heterocycles. The first kappa shape index (κ1) is 16.7. The maximum atomic E-state index is 12.2. The molecule has 8 heteroatoms. The van der Waals surface area contributed by atoms with Gasteiger partial charge in [-0.1, -0.05) is 0 Å². The number of hydrogen-bond donors (Lipinski definition) is 1. The minimum absolute atomic E-state index is 0.102. The number of nitrogens with zero attached hydrogens (tertiary/aromatic N) is 1. The molecule has 1 atom stereocenters. The number of hydrogen-bond acceptors (Lipinski definition) is 5. The molecule has 1 aromatic rings. The summed E-state index contributed by atoms with van der Waals surface area (Å²) in [6, 6.07) is 5.95. The van der Waals surface area contributed by atoms with E-state index in [2.05, 4.69) is 4.72 Å². The van der Waals surface area contributed by atoms with Crippen LogP contribution in [0.5, 0.6) is 5.75 Å². The number of morpholine rings is 1. The van der Waals surface area contributed by atoms with Crippen LogP contribution in [0.2, 0.25) is 0 Å². The molecule has 7 nitrogen and oxygen atoms in total. The third kappa shape index (κ3) is 3.96. The summed E-state index contributed by atoms with van der Waals surface area (Å²) in [5, 5.41) is 0. The van der Waals surface area contributed by atoms with E-state index in [1.807, 2.05) is 0 Å². The predicted molar refractivity (Wildman–Crippen MR) is 80.2 cm³/mol. The first-order valence-corrected chi connectivity index (χ1v) is 8.49. The standard InChI is InChI=1S/C14H20N2O5S/c1-11(14(17)16-7-9-20-10-8-16)21-12-3-5-13(6-4-12)22(18,19)15-2/h3-6,11,15H,7-10H2,1-2H3/t11-/m0/s1. The second kappa shape index (κ2) is 7.08. The topological polar surface area (TPSA) is 84.9 Å². The van der Waals surface area contributed by atoms with Gasteiger partial charge < -0.3 is 14.4 Å². The van der Waals surface area contributed by atoms with Gasteiger partial charge >= 0.3 is 0 Å². The first-order chi connectivity index (χ1) is 10.4. The highest BCUT2D eigenvalue weighted by atomic mass is 32.2. The molecule has 1 aliphatic heterocycles. The zero-order chi connectivity index (χ0) is 16.2. The lowest BCUT2D eigenvalue weighted by Crippen LogP contribution is -2.46. The predicted octanol–water partition coefficient (Wildman–Crippen LogP) is 0.221. The molecule has 122 valence electrons. The summed E-state index contributed by atoms with van der Waals surface area (Å²) >= 11 is 0. The Morgan fingerprint density at radius 1 is 1.27 bits per heavy atom. The third-order valence-corrected chi connectivity index (χ3v) is 4.82. The SMILES string of the molecule is CNS(=O)(=O)c1ccc(O[C@@H](C)C(=O)N2CCOCC2)cc1. The highest BCUT2D eigenvalue weighted by molar-refractivity contribution is 7.89. The second-order valence-corrected chi connectivity index (χ2v) is 6.76. The molecule has 0 bridgehead atoms. The quantitative estimate of drug-likeness (QED) is 0.836. The second-order valence-electron chi connectivity index (χ2n) is 4.88. The van der Waals surface area contributed by atoms with E-state index in [-0.39, 0.29) is 10.8 Å². The number of ether oxygens (including phenoxy) is 2. The van der Waals surface area contributed by atoms with Crippen LogP contribution >= 0.6 is 0 Å². The summed E-state index contributed by atoms with van der Waals surface area (Å²) in [5.41, 5.74) is 0. The lowest BCUT2D eigenvalue weighted by atomic mass is 10.3. The van der Waals surface area contributed by atoms with E-state index in [0.29, 0.717) is 32.1 Å². The molecule has 1 aromatic carbocycles. The Morgan fingerprint density at radius 2 is 1.86 bits per heavy atom. The Bertz CT molecular complexity index is 609. The van der Waals surface area contributed by atoms with E-state index in [1.54, 1.807) is 11.8 Å². The van der Waals surface area contributed by atoms with Crippen molar-refractivity contribution in [2.24, 2.45) is 0 Å². The molecule has 0 saturated carbocycles. The highest BCUT2D eigenvalue weighted by Gasteiger charge is 2.23. The number of carbonyl (C=O) groups is 1. The number of amides is 1. The number of benzene rings is 1. The summed E-state index contributed by atoms with van der Waals surface area (Å²) in [7, 11) is -2.12. The van der Waals surface area contributed by atoms with Crippen LogP contribution in [-0.2, 0) is 19.6 Å². The Balaban J connectivity index is 1.99. The molecule has 1 N–H and O–H groups in total. The van der Waals surface area contributed by atoms with Gasteiger partial charge in [0, 0.05) is 13.1 Å². The van der Waals surface area contributed by atoms with Gasteiger partial charge in [-0.25, -0.2) is 13.1 Å². The summed E-state index contributed by atoms with van der Waals surface area (Å²) in [6.07, 6.45) is -0.634. The van der Waals surface area contributed by atoms with Gasteiger partial charge in [-0.3, -0.25) is 4.79 Å². The molecule has 0 aliphatic carbocycles. The van der Waals surface area contributed by atoms with E-state index in [0.717, 1.165) is 0 Å². The summed E-state index contributed by atoms with van der Waals surface area (Å²) in [5.74, 6) is 0.347. The van der Waals surface area contributed by atoms with Gasteiger partial charge in [0.05, 0.1) is 18.1 Å². The number of nitrogens with one attached hydrogen (secondary N) is 1. The van der Waals surface area contributed by atoms with E-state index >= 15 is 0 Å². The Hall–Kier alpha value is -1.64. The van der Waals surface area contributed by atoms with Gasteiger partial charge in [0.2, 0.25) is 10.0 Å². The molecule has 1 fully saturated rings. The molecule has 0 unspecified atom stereocenters. The van der Waals surface area contributed by atoms with Crippen molar-refractivity contribution in [1.29, 1.82) is 0 Å². The van der Waals surface area contributed by atoms with Crippen LogP contribution in [0.25, 0.3) is 0 Å². The molecular weight excluding hydrogens is 308 g/mol. The summed E-state index contributed by atoms with van der Waals surface area (Å²) < 4.78 is 36.3. The monoisotopic (exact) mass is 328 g/mol. The fraction of sp³-hybridized carbons (Fsp3) is 0.500. The summed E-state index contributed by atoms with van der Waals surface area (Å²) in [4.78, 5) is 14.1. The van der Waals surface area contributed by atoms with Crippen LogP contribution < -0.4 is 9.46 Å². The summed E-state index contributed by atoms with van der Waals surface area (Å²) in [6.45, 7) is 3.87. The Kier molecular flexibility index (Phi) is 5.38. The molecule has 0 spiro atoms. The molecule has 0 aromatic heterocycles. The Morgan fingerprint density at radius 3 is 2.41 bits per heavy atom. The van der Waals surface area contributed by atoms with Crippen molar-refractivity contribution in [1.82, 2.24) is 9.62 Å². The molecule has 0 radical (unpaired) electrons. The Labute approximate surface area is 130 Å². The van der Waals surface area contributed by atoms with E-state index in [4.69, 9.17) is 9.47 Å². The number of rotatable bonds is 5. The first-order valence-electron chi connectivity index (χ1n) is 7.01. The van der Waals surface area contributed by atoms with Crippen LogP contribution in [0, 0.1) is 0 Å². The minimum atomic E-state index is -3.47. The highest BCUT2D eigenvalue weighted by Crippen LogP contribution is 2.17. The van der Waals surface area contributed by atoms with Gasteiger partial charge in [-0.2, -0.15) is 0 Å². The smallest absolute Gasteiger partial charge is 0.263 e. The van der Waals surface area contributed by atoms with Crippen molar-refractivity contribution in [2.45, 2.75) is 17.9 Å². The lowest BCUT2D eigenvalue weighted by molar-refractivity contribution is -0.142. The van der Waals surface area contributed by atoms with Gasteiger partial charge in [0.15, 0.2) is 6.10 Å². The largest absolute Gasteiger partial charge is 0.481 e. The molecular formula is C14H20N2O5S. The van der Waals surface area contributed by atoms with Crippen molar-refractivity contribution in [2.75, 3.05) is 33.4 Å². The molecule has 22 heavy (non-hydrogen) atoms. The van der Waals surface area contributed by atoms with Crippen LogP contribution in [0.15, 0.2) is 29.2 Å². The molecule has 1 amide bonds. The fourth-order valence-corrected chi connectivity index (χ4v) is 2.84. The van der Waals surface area contributed by atoms with Gasteiger partial charge in [-0.05, 0) is 38.2 Å². The number of sulfonamides is 1. The maximum Gasteiger partial charge on any atom is 0.263 e. The van der Waals surface area contributed by atoms with Gasteiger partial charge in [-0.15, -0.1) is 0 Å². The molecule has 1 heterocycles. The maximum absolute atomic E-state index is 12.2. The fourth-order valence-electron chi connectivity index (χ4n) is 2.11. The lowest BCUT2D eigenvalue weighted by Gasteiger charge is -2.29.